The van der Waals surface area contributed by atoms with Crippen LogP contribution >= 0.6 is 46.6 Å². The fourth-order valence-electron chi connectivity index (χ4n) is 2.33. The van der Waals surface area contributed by atoms with Crippen molar-refractivity contribution in [2.75, 3.05) is 12.8 Å². The number of hydrogen-bond acceptors (Lipinski definition) is 2. The fourth-order valence-corrected chi connectivity index (χ4v) is 4.33. The van der Waals surface area contributed by atoms with Crippen molar-refractivity contribution in [1.29, 1.82) is 0 Å². The minimum absolute atomic E-state index is 0.101. The third kappa shape index (κ3) is 3.10. The average molecular weight is 325 g/mol. The largest absolute Gasteiger partial charge is 0.317 e. The van der Waals surface area contributed by atoms with Crippen molar-refractivity contribution in [2.45, 2.75) is 34.0 Å². The van der Waals surface area contributed by atoms with Crippen LogP contribution in [0.1, 0.15) is 24.0 Å². The number of thioether (sulfide) groups is 1. The number of aryl methyl sites for hydroxylation is 1. The van der Waals surface area contributed by atoms with E-state index in [4.69, 9.17) is 34.8 Å². The van der Waals surface area contributed by atoms with Gasteiger partial charge in [-0.25, -0.2) is 0 Å². The van der Waals surface area contributed by atoms with Crippen LogP contribution in [0.25, 0.3) is 0 Å². The van der Waals surface area contributed by atoms with E-state index in [0.29, 0.717) is 0 Å². The average Bonchev–Trinajstić information content (AvgIpc) is 2.74. The normalized spacial score (nSPS) is 18.5. The Bertz CT molecular complexity index is 431. The Labute approximate surface area is 128 Å². The Balaban J connectivity index is 2.37. The van der Waals surface area contributed by atoms with Crippen molar-refractivity contribution in [1.82, 2.24) is 5.32 Å². The van der Waals surface area contributed by atoms with E-state index in [-0.39, 0.29) is 12.0 Å². The van der Waals surface area contributed by atoms with Gasteiger partial charge in [0.25, 0.3) is 0 Å². The number of likely N-dealkylation sites (N-methyl/N-ethyl adjacent to an activating group) is 1. The Morgan fingerprint density at radius 2 is 2.06 bits per heavy atom. The maximum Gasteiger partial charge on any atom is 0.198 e. The van der Waals surface area contributed by atoms with Gasteiger partial charge in [0.05, 0.1) is 0 Å². The van der Waals surface area contributed by atoms with Crippen molar-refractivity contribution in [3.05, 3.63) is 29.3 Å². The van der Waals surface area contributed by atoms with Gasteiger partial charge in [-0.1, -0.05) is 46.9 Å². The molecule has 18 heavy (non-hydrogen) atoms. The first kappa shape index (κ1) is 14.8. The Hall–Kier alpha value is 0.400. The van der Waals surface area contributed by atoms with Crippen molar-refractivity contribution in [2.24, 2.45) is 0 Å². The summed E-state index contributed by atoms with van der Waals surface area (Å²) in [6.45, 7) is 2.04. The molecule has 0 bridgehead atoms. The molecule has 2 unspecified atom stereocenters. The molecule has 2 atom stereocenters. The first-order chi connectivity index (χ1) is 8.43. The molecule has 1 N–H and O–H groups in total. The third-order valence-corrected chi connectivity index (χ3v) is 5.20. The van der Waals surface area contributed by atoms with Crippen LogP contribution in [0.3, 0.4) is 0 Å². The fraction of sp³-hybridized carbons (Fsp3) is 0.538. The zero-order valence-corrected chi connectivity index (χ0v) is 13.4. The molecule has 1 heterocycles. The predicted octanol–water partition coefficient (Wildman–Crippen LogP) is 4.40. The molecule has 0 radical (unpaired) electrons. The van der Waals surface area contributed by atoms with E-state index in [0.717, 1.165) is 17.7 Å². The number of rotatable bonds is 3. The van der Waals surface area contributed by atoms with E-state index >= 15 is 0 Å². The first-order valence-electron chi connectivity index (χ1n) is 5.93. The molecule has 1 aliphatic rings. The van der Waals surface area contributed by atoms with E-state index in [1.165, 1.54) is 10.5 Å². The van der Waals surface area contributed by atoms with Crippen molar-refractivity contribution in [3.8, 4) is 0 Å². The van der Waals surface area contributed by atoms with E-state index < -0.39 is 3.79 Å². The van der Waals surface area contributed by atoms with Gasteiger partial charge in [-0.05, 0) is 37.6 Å². The SMILES string of the molecule is CNC(C)C(c1ccc2c(c1)CCS2)C(Cl)(Cl)Cl. The van der Waals surface area contributed by atoms with Crippen LogP contribution in [-0.4, -0.2) is 22.6 Å². The Kier molecular flexibility index (Phi) is 4.77. The summed E-state index contributed by atoms with van der Waals surface area (Å²) in [5.41, 5.74) is 2.47. The van der Waals surface area contributed by atoms with Gasteiger partial charge >= 0.3 is 0 Å². The van der Waals surface area contributed by atoms with E-state index in [9.17, 15) is 0 Å². The number of halogens is 3. The zero-order valence-electron chi connectivity index (χ0n) is 10.3. The zero-order chi connectivity index (χ0) is 13.3. The summed E-state index contributed by atoms with van der Waals surface area (Å²) in [6, 6.07) is 6.52. The maximum atomic E-state index is 6.14. The summed E-state index contributed by atoms with van der Waals surface area (Å²) >= 11 is 20.3. The molecule has 2 rings (SSSR count). The van der Waals surface area contributed by atoms with Crippen LogP contribution in [0.15, 0.2) is 23.1 Å². The summed E-state index contributed by atoms with van der Waals surface area (Å²) in [4.78, 5) is 1.36. The lowest BCUT2D eigenvalue weighted by atomic mass is 9.92. The molecular formula is C13H16Cl3NS. The van der Waals surface area contributed by atoms with Gasteiger partial charge in [0.2, 0.25) is 0 Å². The molecule has 0 saturated heterocycles. The van der Waals surface area contributed by atoms with Gasteiger partial charge in [-0.2, -0.15) is 0 Å². The van der Waals surface area contributed by atoms with Gasteiger partial charge < -0.3 is 5.32 Å². The number of hydrogen-bond donors (Lipinski definition) is 1. The highest BCUT2D eigenvalue weighted by molar-refractivity contribution is 7.99. The van der Waals surface area contributed by atoms with Crippen LogP contribution in [0, 0.1) is 0 Å². The van der Waals surface area contributed by atoms with Gasteiger partial charge in [-0.3, -0.25) is 0 Å². The molecule has 0 fully saturated rings. The summed E-state index contributed by atoms with van der Waals surface area (Å²) in [7, 11) is 1.89. The number of nitrogens with one attached hydrogen (secondary N) is 1. The van der Waals surface area contributed by atoms with Gasteiger partial charge in [-0.15, -0.1) is 11.8 Å². The number of benzene rings is 1. The highest BCUT2D eigenvalue weighted by atomic mass is 35.6. The molecule has 100 valence electrons. The van der Waals surface area contributed by atoms with Crippen molar-refractivity contribution >= 4 is 46.6 Å². The topological polar surface area (TPSA) is 12.0 Å². The molecule has 1 aromatic carbocycles. The second-order valence-electron chi connectivity index (χ2n) is 4.56. The monoisotopic (exact) mass is 323 g/mol. The van der Waals surface area contributed by atoms with Crippen LogP contribution in [-0.2, 0) is 6.42 Å². The van der Waals surface area contributed by atoms with Crippen LogP contribution in [0.2, 0.25) is 0 Å². The Morgan fingerprint density at radius 3 is 2.67 bits per heavy atom. The number of fused-ring (bicyclic) bond motifs is 1. The molecule has 0 amide bonds. The van der Waals surface area contributed by atoms with Crippen molar-refractivity contribution in [3.63, 3.8) is 0 Å². The highest BCUT2D eigenvalue weighted by Crippen LogP contribution is 2.45. The molecule has 5 heteroatoms. The van der Waals surface area contributed by atoms with Crippen LogP contribution in [0.5, 0.6) is 0 Å². The molecule has 1 aromatic rings. The van der Waals surface area contributed by atoms with Crippen molar-refractivity contribution < 1.29 is 0 Å². The maximum absolute atomic E-state index is 6.14. The molecule has 1 nitrogen and oxygen atoms in total. The summed E-state index contributed by atoms with van der Waals surface area (Å²) < 4.78 is -1.30. The van der Waals surface area contributed by atoms with E-state index in [1.807, 2.05) is 25.7 Å². The summed E-state index contributed by atoms with van der Waals surface area (Å²) in [6.07, 6.45) is 1.11. The lowest BCUT2D eigenvalue weighted by Gasteiger charge is -2.30. The second kappa shape index (κ2) is 5.80. The smallest absolute Gasteiger partial charge is 0.198 e. The molecule has 0 aliphatic carbocycles. The quantitative estimate of drug-likeness (QED) is 0.827. The van der Waals surface area contributed by atoms with Crippen LogP contribution in [0.4, 0.5) is 0 Å². The Morgan fingerprint density at radius 1 is 1.33 bits per heavy atom. The standard InChI is InChI=1S/C13H16Cl3NS/c1-8(17-2)12(13(14,15)16)10-3-4-11-9(7-10)5-6-18-11/h3-4,7-8,12,17H,5-6H2,1-2H3. The van der Waals surface area contributed by atoms with E-state index in [2.05, 4.69) is 23.5 Å². The van der Waals surface area contributed by atoms with Crippen LogP contribution < -0.4 is 5.32 Å². The summed E-state index contributed by atoms with van der Waals surface area (Å²) in [5.74, 6) is 1.00. The second-order valence-corrected chi connectivity index (χ2v) is 8.07. The lowest BCUT2D eigenvalue weighted by molar-refractivity contribution is 0.499. The predicted molar refractivity (Wildman–Crippen MR) is 82.4 cm³/mol. The molecule has 0 saturated carbocycles. The number of alkyl halides is 3. The minimum atomic E-state index is -1.30. The van der Waals surface area contributed by atoms with E-state index in [1.54, 1.807) is 0 Å². The third-order valence-electron chi connectivity index (χ3n) is 3.38. The van der Waals surface area contributed by atoms with Gasteiger partial charge in [0.1, 0.15) is 0 Å². The molecular weight excluding hydrogens is 309 g/mol. The first-order valence-corrected chi connectivity index (χ1v) is 8.05. The lowest BCUT2D eigenvalue weighted by Crippen LogP contribution is -2.36. The molecule has 0 spiro atoms. The minimum Gasteiger partial charge on any atom is -0.317 e. The molecule has 0 aromatic heterocycles. The molecule has 1 aliphatic heterocycles. The van der Waals surface area contributed by atoms with Gasteiger partial charge in [0, 0.05) is 22.6 Å². The highest BCUT2D eigenvalue weighted by Gasteiger charge is 2.37. The van der Waals surface area contributed by atoms with Gasteiger partial charge in [0.15, 0.2) is 3.79 Å². The summed E-state index contributed by atoms with van der Waals surface area (Å²) in [5, 5.41) is 3.18.